The largest absolute Gasteiger partial charge is 0.375 e. The molecule has 2 aliphatic rings. The number of nitrogens with zero attached hydrogens (tertiary/aromatic N) is 4. The molecule has 0 radical (unpaired) electrons. The van der Waals surface area contributed by atoms with Crippen LogP contribution in [0.5, 0.6) is 0 Å². The maximum atomic E-state index is 14.4. The summed E-state index contributed by atoms with van der Waals surface area (Å²) in [5, 5.41) is 1.29. The van der Waals surface area contributed by atoms with Crippen LogP contribution >= 0.6 is 11.6 Å². The fraction of sp³-hybridized carbons (Fsp3) is 0.429. The first-order valence-corrected chi connectivity index (χ1v) is 10.5. The number of H-pyrrole nitrogens is 1. The summed E-state index contributed by atoms with van der Waals surface area (Å²) in [6, 6.07) is 1.78. The van der Waals surface area contributed by atoms with Gasteiger partial charge in [0, 0.05) is 42.4 Å². The van der Waals surface area contributed by atoms with Crippen LogP contribution in [0.25, 0.3) is 22.4 Å². The Balaban J connectivity index is 1.31. The lowest BCUT2D eigenvalue weighted by Gasteiger charge is -2.33. The molecule has 1 amide bonds. The van der Waals surface area contributed by atoms with E-state index in [1.165, 1.54) is 6.20 Å². The number of fused-ring (bicyclic) bond motifs is 1. The van der Waals surface area contributed by atoms with Crippen molar-refractivity contribution in [2.24, 2.45) is 5.92 Å². The number of hydrogen-bond acceptors (Lipinski definition) is 5. The molecule has 1 unspecified atom stereocenters. The van der Waals surface area contributed by atoms with Gasteiger partial charge in [-0.25, -0.2) is 19.3 Å². The zero-order valence-electron chi connectivity index (χ0n) is 16.3. The number of hydrogen-bond donors (Lipinski definition) is 1. The van der Waals surface area contributed by atoms with Crippen LogP contribution in [0.15, 0.2) is 24.7 Å². The summed E-state index contributed by atoms with van der Waals surface area (Å²) in [5.74, 6) is 0.392. The van der Waals surface area contributed by atoms with Crippen molar-refractivity contribution in [2.45, 2.75) is 31.8 Å². The molecule has 9 heteroatoms. The van der Waals surface area contributed by atoms with Crippen LogP contribution in [0.3, 0.4) is 0 Å². The predicted octanol–water partition coefficient (Wildman–Crippen LogP) is 3.38. The van der Waals surface area contributed by atoms with Crippen molar-refractivity contribution >= 4 is 28.5 Å². The van der Waals surface area contributed by atoms with E-state index in [0.29, 0.717) is 54.7 Å². The van der Waals surface area contributed by atoms with E-state index in [2.05, 4.69) is 19.9 Å². The molecule has 3 aromatic rings. The molecule has 5 rings (SSSR count). The molecule has 1 N–H and O–H groups in total. The van der Waals surface area contributed by atoms with Gasteiger partial charge in [0.1, 0.15) is 5.65 Å². The zero-order chi connectivity index (χ0) is 20.7. The minimum atomic E-state index is -0.448. The molecule has 1 saturated carbocycles. The van der Waals surface area contributed by atoms with E-state index in [-0.39, 0.29) is 17.9 Å². The molecule has 1 saturated heterocycles. The number of amides is 1. The standard InChI is InChI=1S/C21H21ClFN5O2/c22-13-7-15-16(9-25-19(15)24-8-13)20-26-10-17(23)18(27-20)4-3-14-11-28(5-6-30-14)21(29)12-1-2-12/h7-10,12,14H,1-6,11H2,(H,24,25). The quantitative estimate of drug-likeness (QED) is 0.672. The SMILES string of the molecule is O=C(C1CC1)N1CCOC(CCc2nc(-c3c[nH]c4ncc(Cl)cc34)ncc2F)C1. The van der Waals surface area contributed by atoms with Gasteiger partial charge in [0.25, 0.3) is 0 Å². The van der Waals surface area contributed by atoms with Crippen molar-refractivity contribution in [3.05, 3.63) is 41.2 Å². The van der Waals surface area contributed by atoms with E-state index in [4.69, 9.17) is 16.3 Å². The van der Waals surface area contributed by atoms with Gasteiger partial charge >= 0.3 is 0 Å². The van der Waals surface area contributed by atoms with E-state index in [0.717, 1.165) is 23.8 Å². The van der Waals surface area contributed by atoms with Crippen LogP contribution in [-0.2, 0) is 16.0 Å². The molecule has 3 aromatic heterocycles. The van der Waals surface area contributed by atoms with Gasteiger partial charge in [-0.2, -0.15) is 0 Å². The second kappa shape index (κ2) is 7.92. The van der Waals surface area contributed by atoms with Gasteiger partial charge in [-0.1, -0.05) is 11.6 Å². The normalized spacial score (nSPS) is 19.4. The van der Waals surface area contributed by atoms with Crippen LogP contribution in [0.4, 0.5) is 4.39 Å². The molecule has 0 bridgehead atoms. The summed E-state index contributed by atoms with van der Waals surface area (Å²) < 4.78 is 20.2. The second-order valence-corrected chi connectivity index (χ2v) is 8.27. The molecular formula is C21H21ClFN5O2. The molecule has 0 aromatic carbocycles. The monoisotopic (exact) mass is 429 g/mol. The first-order valence-electron chi connectivity index (χ1n) is 10.1. The highest BCUT2D eigenvalue weighted by Gasteiger charge is 2.35. The van der Waals surface area contributed by atoms with Gasteiger partial charge < -0.3 is 14.6 Å². The van der Waals surface area contributed by atoms with Crippen molar-refractivity contribution in [3.8, 4) is 11.4 Å². The van der Waals surface area contributed by atoms with Crippen molar-refractivity contribution in [3.63, 3.8) is 0 Å². The van der Waals surface area contributed by atoms with Crippen LogP contribution < -0.4 is 0 Å². The Hall–Kier alpha value is -2.58. The van der Waals surface area contributed by atoms with E-state index >= 15 is 0 Å². The number of aryl methyl sites for hydroxylation is 1. The summed E-state index contributed by atoms with van der Waals surface area (Å²) in [6.45, 7) is 1.71. The molecule has 2 fully saturated rings. The third kappa shape index (κ3) is 3.89. The molecule has 1 atom stereocenters. The number of morpholine rings is 1. The van der Waals surface area contributed by atoms with Gasteiger partial charge in [-0.15, -0.1) is 0 Å². The molecule has 1 aliphatic heterocycles. The van der Waals surface area contributed by atoms with Crippen LogP contribution in [0.2, 0.25) is 5.02 Å². The second-order valence-electron chi connectivity index (χ2n) is 7.83. The highest BCUT2D eigenvalue weighted by Crippen LogP contribution is 2.32. The minimum absolute atomic E-state index is 0.115. The van der Waals surface area contributed by atoms with Gasteiger partial charge in [0.05, 0.1) is 29.6 Å². The summed E-state index contributed by atoms with van der Waals surface area (Å²) >= 11 is 6.07. The number of ether oxygens (including phenoxy) is 1. The molecule has 156 valence electrons. The molecule has 30 heavy (non-hydrogen) atoms. The van der Waals surface area contributed by atoms with E-state index in [1.54, 1.807) is 18.5 Å². The Labute approximate surface area is 177 Å². The Morgan fingerprint density at radius 2 is 2.20 bits per heavy atom. The zero-order valence-corrected chi connectivity index (χ0v) is 17.0. The van der Waals surface area contributed by atoms with Crippen molar-refractivity contribution in [2.75, 3.05) is 19.7 Å². The average Bonchev–Trinajstić information content (AvgIpc) is 3.53. The molecule has 4 heterocycles. The number of nitrogens with one attached hydrogen (secondary N) is 1. The number of halogens is 2. The molecular weight excluding hydrogens is 409 g/mol. The number of carbonyl (C=O) groups excluding carboxylic acids is 1. The van der Waals surface area contributed by atoms with E-state index in [1.807, 2.05) is 4.90 Å². The van der Waals surface area contributed by atoms with Crippen molar-refractivity contribution < 1.29 is 13.9 Å². The fourth-order valence-corrected chi connectivity index (χ4v) is 4.01. The van der Waals surface area contributed by atoms with E-state index in [9.17, 15) is 9.18 Å². The Morgan fingerprint density at radius 1 is 1.33 bits per heavy atom. The topological polar surface area (TPSA) is 84.0 Å². The van der Waals surface area contributed by atoms with Gasteiger partial charge in [0.15, 0.2) is 11.6 Å². The molecule has 0 spiro atoms. The number of rotatable bonds is 5. The summed E-state index contributed by atoms with van der Waals surface area (Å²) in [7, 11) is 0. The maximum absolute atomic E-state index is 14.4. The number of aromatic nitrogens is 4. The Morgan fingerprint density at radius 3 is 3.03 bits per heavy atom. The van der Waals surface area contributed by atoms with Crippen LogP contribution in [-0.4, -0.2) is 56.5 Å². The number of pyridine rings is 1. The third-order valence-corrected chi connectivity index (χ3v) is 5.84. The molecule has 1 aliphatic carbocycles. The van der Waals surface area contributed by atoms with Crippen LogP contribution in [0.1, 0.15) is 25.0 Å². The summed E-state index contributed by atoms with van der Waals surface area (Å²) in [5.41, 5.74) is 1.72. The Kier molecular flexibility index (Phi) is 5.12. The van der Waals surface area contributed by atoms with Crippen molar-refractivity contribution in [1.82, 2.24) is 24.8 Å². The van der Waals surface area contributed by atoms with Crippen LogP contribution in [0, 0.1) is 11.7 Å². The number of carbonyl (C=O) groups is 1. The summed E-state index contributed by atoms with van der Waals surface area (Å²) in [6.07, 6.45) is 7.35. The highest BCUT2D eigenvalue weighted by molar-refractivity contribution is 6.31. The first kappa shape index (κ1) is 19.4. The predicted molar refractivity (Wildman–Crippen MR) is 109 cm³/mol. The summed E-state index contributed by atoms with van der Waals surface area (Å²) in [4.78, 5) is 30.1. The first-order chi connectivity index (χ1) is 14.6. The lowest BCUT2D eigenvalue weighted by atomic mass is 10.1. The van der Waals surface area contributed by atoms with Gasteiger partial charge in [-0.3, -0.25) is 4.79 Å². The number of aromatic amines is 1. The Bertz CT molecular complexity index is 1100. The fourth-order valence-electron chi connectivity index (χ4n) is 3.85. The maximum Gasteiger partial charge on any atom is 0.225 e. The third-order valence-electron chi connectivity index (χ3n) is 5.64. The minimum Gasteiger partial charge on any atom is -0.375 e. The van der Waals surface area contributed by atoms with Gasteiger partial charge in [0.2, 0.25) is 5.91 Å². The lowest BCUT2D eigenvalue weighted by molar-refractivity contribution is -0.140. The van der Waals surface area contributed by atoms with Gasteiger partial charge in [-0.05, 0) is 31.7 Å². The molecule has 7 nitrogen and oxygen atoms in total. The smallest absolute Gasteiger partial charge is 0.225 e. The van der Waals surface area contributed by atoms with E-state index < -0.39 is 5.82 Å². The highest BCUT2D eigenvalue weighted by atomic mass is 35.5. The average molecular weight is 430 g/mol. The van der Waals surface area contributed by atoms with Crippen molar-refractivity contribution in [1.29, 1.82) is 0 Å². The lowest BCUT2D eigenvalue weighted by Crippen LogP contribution is -2.46.